The van der Waals surface area contributed by atoms with E-state index in [0.29, 0.717) is 55.3 Å². The molecule has 9 atom stereocenters. The van der Waals surface area contributed by atoms with E-state index in [9.17, 15) is 19.8 Å². The summed E-state index contributed by atoms with van der Waals surface area (Å²) in [5.74, 6) is 2.52. The van der Waals surface area contributed by atoms with E-state index in [1.807, 2.05) is 13.0 Å². The summed E-state index contributed by atoms with van der Waals surface area (Å²) in [4.78, 5) is 24.9. The minimum atomic E-state index is -0.681. The molecule has 5 heteroatoms. The summed E-state index contributed by atoms with van der Waals surface area (Å²) >= 11 is 1.54. The highest BCUT2D eigenvalue weighted by Gasteiger charge is 2.76. The summed E-state index contributed by atoms with van der Waals surface area (Å²) < 4.78 is 0. The highest BCUT2D eigenvalue weighted by molar-refractivity contribution is 8.14. The third-order valence-electron chi connectivity index (χ3n) is 10.4. The van der Waals surface area contributed by atoms with Crippen molar-refractivity contribution in [3.8, 4) is 0 Å². The number of allylic oxidation sites excluding steroid dienone is 1. The molecule has 4 nitrogen and oxygen atoms in total. The maximum atomic E-state index is 12.6. The summed E-state index contributed by atoms with van der Waals surface area (Å²) in [6.07, 6.45) is 9.43. The molecule has 5 rings (SSSR count). The van der Waals surface area contributed by atoms with Crippen LogP contribution in [-0.4, -0.2) is 38.6 Å². The number of ketones is 1. The summed E-state index contributed by atoms with van der Waals surface area (Å²) in [6.45, 7) is 6.77. The number of thioether (sulfide) groups is 1. The van der Waals surface area contributed by atoms with Crippen LogP contribution in [0.2, 0.25) is 0 Å². The zero-order chi connectivity index (χ0) is 22.2. The lowest BCUT2D eigenvalue weighted by molar-refractivity contribution is -0.151. The van der Waals surface area contributed by atoms with Crippen molar-refractivity contribution >= 4 is 22.7 Å². The van der Waals surface area contributed by atoms with E-state index in [2.05, 4.69) is 13.8 Å². The third kappa shape index (κ3) is 3.01. The van der Waals surface area contributed by atoms with Crippen LogP contribution >= 0.6 is 11.8 Å². The topological polar surface area (TPSA) is 74.6 Å². The Hall–Kier alpha value is -0.650. The van der Waals surface area contributed by atoms with Crippen LogP contribution in [0.25, 0.3) is 0 Å². The fourth-order valence-corrected chi connectivity index (χ4v) is 10.1. The maximum absolute atomic E-state index is 12.6. The first-order chi connectivity index (χ1) is 14.7. The minimum absolute atomic E-state index is 0.0580. The summed E-state index contributed by atoms with van der Waals surface area (Å²) in [5, 5.41) is 21.9. The second-order valence-corrected chi connectivity index (χ2v) is 12.9. The normalized spacial score (nSPS) is 50.1. The zero-order valence-electron chi connectivity index (χ0n) is 19.2. The number of rotatable bonds is 5. The molecule has 0 bridgehead atoms. The van der Waals surface area contributed by atoms with Gasteiger partial charge in [-0.2, -0.15) is 0 Å². The second kappa shape index (κ2) is 7.43. The van der Waals surface area contributed by atoms with Gasteiger partial charge in [0, 0.05) is 30.1 Å². The Kier molecular flexibility index (Phi) is 5.31. The molecule has 0 radical (unpaired) electrons. The van der Waals surface area contributed by atoms with Gasteiger partial charge in [-0.3, -0.25) is 9.59 Å². The lowest BCUT2D eigenvalue weighted by Gasteiger charge is -2.62. The second-order valence-electron chi connectivity index (χ2n) is 11.6. The summed E-state index contributed by atoms with van der Waals surface area (Å²) in [6, 6.07) is 0. The van der Waals surface area contributed by atoms with Crippen molar-refractivity contribution in [3.63, 3.8) is 0 Å². The quantitative estimate of drug-likeness (QED) is 0.649. The number of carbonyl (C=O) groups is 2. The third-order valence-corrected chi connectivity index (χ3v) is 11.7. The van der Waals surface area contributed by atoms with Gasteiger partial charge in [-0.1, -0.05) is 38.1 Å². The molecular weight excluding hydrogens is 408 g/mol. The van der Waals surface area contributed by atoms with Crippen LogP contribution in [0, 0.1) is 40.4 Å². The number of hydrogen-bond donors (Lipinski definition) is 2. The summed E-state index contributed by atoms with van der Waals surface area (Å²) in [7, 11) is 0. The van der Waals surface area contributed by atoms with Gasteiger partial charge in [-0.25, -0.2) is 0 Å². The molecular formula is C26H38O4S. The zero-order valence-corrected chi connectivity index (χ0v) is 20.0. The van der Waals surface area contributed by atoms with Crippen LogP contribution in [0.3, 0.4) is 0 Å². The first kappa shape index (κ1) is 22.2. The SMILES string of the molecule is CCC(=O)S[C@@H]1CC2=CC(=O)CC[C@]2(C)[C@H]2CC[C@@]3(C)[C@@H]([C@@H]4C[C@@H]4[C@@]3(O)CCCO)[C@H]12. The van der Waals surface area contributed by atoms with Crippen LogP contribution in [0.4, 0.5) is 0 Å². The van der Waals surface area contributed by atoms with Gasteiger partial charge in [0.15, 0.2) is 10.9 Å². The molecule has 2 N–H and O–H groups in total. The average Bonchev–Trinajstić information content (AvgIpc) is 3.50. The van der Waals surface area contributed by atoms with E-state index in [1.54, 1.807) is 0 Å². The molecule has 31 heavy (non-hydrogen) atoms. The van der Waals surface area contributed by atoms with Gasteiger partial charge in [0.1, 0.15) is 0 Å². The van der Waals surface area contributed by atoms with Crippen LogP contribution in [0.5, 0.6) is 0 Å². The Morgan fingerprint density at radius 3 is 2.74 bits per heavy atom. The van der Waals surface area contributed by atoms with Crippen LogP contribution in [0.15, 0.2) is 11.6 Å². The van der Waals surface area contributed by atoms with Gasteiger partial charge in [-0.15, -0.1) is 0 Å². The highest BCUT2D eigenvalue weighted by atomic mass is 32.2. The number of aliphatic hydroxyl groups excluding tert-OH is 1. The van der Waals surface area contributed by atoms with Gasteiger partial charge in [-0.05, 0) is 86.0 Å². The molecule has 4 saturated carbocycles. The molecule has 0 aromatic carbocycles. The van der Waals surface area contributed by atoms with E-state index < -0.39 is 5.60 Å². The van der Waals surface area contributed by atoms with Crippen LogP contribution in [-0.2, 0) is 9.59 Å². The van der Waals surface area contributed by atoms with Crippen molar-refractivity contribution < 1.29 is 19.8 Å². The van der Waals surface area contributed by atoms with Crippen molar-refractivity contribution in [2.75, 3.05) is 6.61 Å². The molecule has 0 amide bonds. The van der Waals surface area contributed by atoms with Gasteiger partial charge < -0.3 is 10.2 Å². The van der Waals surface area contributed by atoms with Crippen molar-refractivity contribution in [1.29, 1.82) is 0 Å². The van der Waals surface area contributed by atoms with E-state index in [4.69, 9.17) is 0 Å². The van der Waals surface area contributed by atoms with Gasteiger partial charge in [0.2, 0.25) is 0 Å². The Morgan fingerprint density at radius 2 is 2.03 bits per heavy atom. The van der Waals surface area contributed by atoms with E-state index in [0.717, 1.165) is 32.1 Å². The Labute approximate surface area is 190 Å². The fourth-order valence-electron chi connectivity index (χ4n) is 8.81. The van der Waals surface area contributed by atoms with Crippen molar-refractivity contribution in [2.45, 2.75) is 89.4 Å². The van der Waals surface area contributed by atoms with Crippen LogP contribution in [0.1, 0.15) is 78.6 Å². The maximum Gasteiger partial charge on any atom is 0.188 e. The number of hydrogen-bond acceptors (Lipinski definition) is 5. The molecule has 0 aliphatic heterocycles. The minimum Gasteiger partial charge on any atom is -0.396 e. The molecule has 0 unspecified atom stereocenters. The summed E-state index contributed by atoms with van der Waals surface area (Å²) in [5.41, 5.74) is 0.533. The van der Waals surface area contributed by atoms with Gasteiger partial charge in [0.25, 0.3) is 0 Å². The smallest absolute Gasteiger partial charge is 0.188 e. The predicted molar refractivity (Wildman–Crippen MR) is 122 cm³/mol. The van der Waals surface area contributed by atoms with E-state index in [-0.39, 0.29) is 33.6 Å². The van der Waals surface area contributed by atoms with Crippen molar-refractivity contribution in [3.05, 3.63) is 11.6 Å². The number of aliphatic hydroxyl groups is 2. The van der Waals surface area contributed by atoms with Crippen LogP contribution < -0.4 is 0 Å². The first-order valence-electron chi connectivity index (χ1n) is 12.5. The standard InChI is InChI=1S/C26H38O4S/c1-4-21(29)31-20-13-15-12-16(28)6-9-24(15,2)18-7-10-25(3)23(22(18)20)17-14-19(17)26(25,30)8-5-11-27/h12,17-20,22-23,27,30H,4-11,13-14H2,1-3H3/t17-,18+,19+,20-,22+,23+,24+,25+,26+/m1/s1. The monoisotopic (exact) mass is 446 g/mol. The highest BCUT2D eigenvalue weighted by Crippen LogP contribution is 2.78. The Balaban J connectivity index is 1.55. The van der Waals surface area contributed by atoms with Crippen molar-refractivity contribution in [2.24, 2.45) is 40.4 Å². The van der Waals surface area contributed by atoms with Gasteiger partial charge >= 0.3 is 0 Å². The molecule has 0 spiro atoms. The molecule has 5 aliphatic rings. The molecule has 0 heterocycles. The lowest BCUT2D eigenvalue weighted by atomic mass is 9.45. The molecule has 172 valence electrons. The van der Waals surface area contributed by atoms with Crippen molar-refractivity contribution in [1.82, 2.24) is 0 Å². The Bertz CT molecular complexity index is 822. The number of carbonyl (C=O) groups excluding carboxylic acids is 2. The van der Waals surface area contributed by atoms with E-state index >= 15 is 0 Å². The molecule has 0 aromatic rings. The molecule has 0 saturated heterocycles. The number of fused-ring (bicyclic) bond motifs is 7. The molecule has 0 aromatic heterocycles. The predicted octanol–water partition coefficient (Wildman–Crippen LogP) is 4.53. The Morgan fingerprint density at radius 1 is 1.26 bits per heavy atom. The average molecular weight is 447 g/mol. The lowest BCUT2D eigenvalue weighted by Crippen LogP contribution is -2.59. The fraction of sp³-hybridized carbons (Fsp3) is 0.846. The van der Waals surface area contributed by atoms with Gasteiger partial charge in [0.05, 0.1) is 5.60 Å². The molecule has 5 aliphatic carbocycles. The molecule has 4 fully saturated rings. The largest absolute Gasteiger partial charge is 0.396 e. The van der Waals surface area contributed by atoms with E-state index in [1.165, 1.54) is 17.3 Å². The first-order valence-corrected chi connectivity index (χ1v) is 13.3.